The fourth-order valence-electron chi connectivity index (χ4n) is 4.76. The van der Waals surface area contributed by atoms with Gasteiger partial charge in [0.1, 0.15) is 5.82 Å². The number of thioether (sulfide) groups is 1. The Morgan fingerprint density at radius 2 is 1.64 bits per heavy atom. The van der Waals surface area contributed by atoms with Crippen LogP contribution in [0, 0.1) is 0 Å². The minimum Gasteiger partial charge on any atom is -0.463 e. The predicted octanol–water partition coefficient (Wildman–Crippen LogP) is 6.72. The molecule has 1 aromatic heterocycles. The van der Waals surface area contributed by atoms with Gasteiger partial charge >= 0.3 is 5.97 Å². The molecule has 1 unspecified atom stereocenters. The first-order valence-corrected chi connectivity index (χ1v) is 14.1. The van der Waals surface area contributed by atoms with Crippen molar-refractivity contribution in [1.82, 2.24) is 9.97 Å². The average molecular weight is 538 g/mol. The summed E-state index contributed by atoms with van der Waals surface area (Å²) < 4.78 is 5.54. The molecule has 5 rings (SSSR count). The number of fused-ring (bicyclic) bond motifs is 1. The van der Waals surface area contributed by atoms with Crippen molar-refractivity contribution in [2.75, 3.05) is 11.9 Å². The van der Waals surface area contributed by atoms with Crippen molar-refractivity contribution < 1.29 is 9.53 Å². The first-order valence-electron chi connectivity index (χ1n) is 13.1. The third kappa shape index (κ3) is 5.68. The lowest BCUT2D eigenvalue weighted by molar-refractivity contribution is -0.138. The van der Waals surface area contributed by atoms with Gasteiger partial charge in [-0.2, -0.15) is 0 Å². The highest BCUT2D eigenvalue weighted by molar-refractivity contribution is 7.98. The van der Waals surface area contributed by atoms with Crippen LogP contribution in [-0.2, 0) is 15.3 Å². The van der Waals surface area contributed by atoms with Gasteiger partial charge in [-0.15, -0.1) is 0 Å². The molecule has 4 aromatic rings. The van der Waals surface area contributed by atoms with Gasteiger partial charge in [0, 0.05) is 5.75 Å². The Bertz CT molecular complexity index is 1550. The van der Waals surface area contributed by atoms with Gasteiger partial charge < -0.3 is 15.0 Å². The van der Waals surface area contributed by atoms with E-state index in [0.717, 1.165) is 16.7 Å². The number of H-pyrrole nitrogens is 1. The van der Waals surface area contributed by atoms with Gasteiger partial charge in [-0.05, 0) is 35.1 Å². The van der Waals surface area contributed by atoms with Crippen molar-refractivity contribution in [3.8, 4) is 0 Å². The standard InChI is InChI=1S/C32H31N3O3S/c1-4-38-31(37)26-25(23-17-15-22(16-18-23)20(2)3)27-29(33-28(26)24-13-9-6-10-14-24)34-32(35-30(27)36)39-19-21-11-7-5-8-12-21/h5-18,20,25H,4,19H2,1-3H3,(H2,33,34,35,36). The van der Waals surface area contributed by atoms with Gasteiger partial charge in [0.05, 0.1) is 29.4 Å². The molecule has 0 fully saturated rings. The van der Waals surface area contributed by atoms with Crippen molar-refractivity contribution in [2.24, 2.45) is 0 Å². The number of ether oxygens (including phenoxy) is 1. The minimum absolute atomic E-state index is 0.222. The van der Waals surface area contributed by atoms with Gasteiger partial charge in [-0.25, -0.2) is 9.78 Å². The van der Waals surface area contributed by atoms with Crippen LogP contribution < -0.4 is 10.9 Å². The minimum atomic E-state index is -0.652. The summed E-state index contributed by atoms with van der Waals surface area (Å²) in [4.78, 5) is 35.0. The summed E-state index contributed by atoms with van der Waals surface area (Å²) in [6.45, 7) is 6.27. The molecule has 0 aliphatic carbocycles. The second kappa shape index (κ2) is 11.7. The topological polar surface area (TPSA) is 84.1 Å². The maximum absolute atomic E-state index is 13.7. The fraction of sp³-hybridized carbons (Fsp3) is 0.219. The van der Waals surface area contributed by atoms with Gasteiger partial charge in [-0.1, -0.05) is 111 Å². The smallest absolute Gasteiger partial charge is 0.337 e. The molecule has 0 amide bonds. The molecule has 1 atom stereocenters. The molecule has 39 heavy (non-hydrogen) atoms. The van der Waals surface area contributed by atoms with Crippen LogP contribution in [-0.4, -0.2) is 22.5 Å². The number of carbonyl (C=O) groups excluding carboxylic acids is 1. The van der Waals surface area contributed by atoms with Gasteiger partial charge in [0.2, 0.25) is 0 Å². The summed E-state index contributed by atoms with van der Waals surface area (Å²) in [5.74, 6) is 0.348. The largest absolute Gasteiger partial charge is 0.463 e. The maximum Gasteiger partial charge on any atom is 0.337 e. The molecule has 7 heteroatoms. The van der Waals surface area contributed by atoms with Gasteiger partial charge in [-0.3, -0.25) is 4.79 Å². The highest BCUT2D eigenvalue weighted by atomic mass is 32.2. The molecule has 0 radical (unpaired) electrons. The zero-order valence-electron chi connectivity index (χ0n) is 22.2. The van der Waals surface area contributed by atoms with E-state index in [9.17, 15) is 9.59 Å². The highest BCUT2D eigenvalue weighted by Gasteiger charge is 2.38. The van der Waals surface area contributed by atoms with E-state index in [1.54, 1.807) is 6.92 Å². The van der Waals surface area contributed by atoms with E-state index in [1.165, 1.54) is 17.3 Å². The monoisotopic (exact) mass is 537 g/mol. The lowest BCUT2D eigenvalue weighted by Crippen LogP contribution is -2.31. The van der Waals surface area contributed by atoms with Crippen LogP contribution in [0.5, 0.6) is 0 Å². The number of nitrogens with one attached hydrogen (secondary N) is 2. The third-order valence-electron chi connectivity index (χ3n) is 6.74. The van der Waals surface area contributed by atoms with Gasteiger partial charge in [0.15, 0.2) is 5.16 Å². The third-order valence-corrected chi connectivity index (χ3v) is 7.68. The number of aromatic amines is 1. The fourth-order valence-corrected chi connectivity index (χ4v) is 5.58. The Balaban J connectivity index is 1.67. The molecule has 198 valence electrons. The number of aromatic nitrogens is 2. The Morgan fingerprint density at radius 3 is 2.28 bits per heavy atom. The average Bonchev–Trinajstić information content (AvgIpc) is 2.96. The molecule has 1 aliphatic heterocycles. The SMILES string of the molecule is CCOC(=O)C1=C(c2ccccc2)Nc2nc(SCc3ccccc3)[nH]c(=O)c2C1c1ccc(C(C)C)cc1. The lowest BCUT2D eigenvalue weighted by Gasteiger charge is -2.30. The molecule has 0 bridgehead atoms. The number of hydrogen-bond acceptors (Lipinski definition) is 6. The van der Waals surface area contributed by atoms with Crippen molar-refractivity contribution in [1.29, 1.82) is 0 Å². The number of benzene rings is 3. The summed E-state index contributed by atoms with van der Waals surface area (Å²) in [6.07, 6.45) is 0. The molecule has 3 aromatic carbocycles. The number of carbonyl (C=O) groups is 1. The van der Waals surface area contributed by atoms with Crippen molar-refractivity contribution >= 4 is 29.2 Å². The molecular weight excluding hydrogens is 506 g/mol. The van der Waals surface area contributed by atoms with Crippen molar-refractivity contribution in [3.05, 3.63) is 129 Å². The number of rotatable bonds is 8. The Hall–Kier alpha value is -4.10. The Labute approximate surface area is 232 Å². The van der Waals surface area contributed by atoms with Crippen molar-refractivity contribution in [2.45, 2.75) is 43.5 Å². The molecular formula is C32H31N3O3S. The molecule has 2 N–H and O–H groups in total. The lowest BCUT2D eigenvalue weighted by atomic mass is 9.80. The van der Waals surface area contributed by atoms with E-state index in [4.69, 9.17) is 9.72 Å². The molecule has 0 saturated carbocycles. The summed E-state index contributed by atoms with van der Waals surface area (Å²) >= 11 is 1.46. The predicted molar refractivity (Wildman–Crippen MR) is 157 cm³/mol. The van der Waals surface area contributed by atoms with Crippen LogP contribution in [0.15, 0.2) is 100 Å². The highest BCUT2D eigenvalue weighted by Crippen LogP contribution is 2.43. The number of esters is 1. The molecule has 1 aliphatic rings. The Morgan fingerprint density at radius 1 is 0.974 bits per heavy atom. The summed E-state index contributed by atoms with van der Waals surface area (Å²) in [5, 5.41) is 3.86. The first-order chi connectivity index (χ1) is 19.0. The van der Waals surface area contributed by atoms with Crippen LogP contribution in [0.2, 0.25) is 0 Å². The molecule has 0 saturated heterocycles. The van der Waals surface area contributed by atoms with E-state index < -0.39 is 11.9 Å². The van der Waals surface area contributed by atoms with Crippen LogP contribution in [0.3, 0.4) is 0 Å². The van der Waals surface area contributed by atoms with E-state index >= 15 is 0 Å². The van der Waals surface area contributed by atoms with Crippen LogP contribution in [0.1, 0.15) is 60.4 Å². The molecule has 0 spiro atoms. The number of anilines is 1. The molecule has 6 nitrogen and oxygen atoms in total. The summed E-state index contributed by atoms with van der Waals surface area (Å²) in [6, 6.07) is 27.8. The quantitative estimate of drug-likeness (QED) is 0.148. The first kappa shape index (κ1) is 26.5. The summed E-state index contributed by atoms with van der Waals surface area (Å²) in [5.41, 5.74) is 5.06. The van der Waals surface area contributed by atoms with E-state index in [0.29, 0.717) is 39.5 Å². The maximum atomic E-state index is 13.7. The Kier molecular flexibility index (Phi) is 7.98. The van der Waals surface area contributed by atoms with E-state index in [1.807, 2.05) is 72.8 Å². The number of hydrogen-bond donors (Lipinski definition) is 2. The van der Waals surface area contributed by atoms with Crippen LogP contribution in [0.4, 0.5) is 5.82 Å². The summed E-state index contributed by atoms with van der Waals surface area (Å²) in [7, 11) is 0. The zero-order valence-corrected chi connectivity index (χ0v) is 23.0. The van der Waals surface area contributed by atoms with E-state index in [2.05, 4.69) is 36.3 Å². The van der Waals surface area contributed by atoms with Gasteiger partial charge in [0.25, 0.3) is 5.56 Å². The van der Waals surface area contributed by atoms with Crippen LogP contribution >= 0.6 is 11.8 Å². The molecule has 2 heterocycles. The van der Waals surface area contributed by atoms with Crippen LogP contribution in [0.25, 0.3) is 5.70 Å². The van der Waals surface area contributed by atoms with E-state index in [-0.39, 0.29) is 12.2 Å². The zero-order chi connectivity index (χ0) is 27.4. The van der Waals surface area contributed by atoms with Crippen molar-refractivity contribution in [3.63, 3.8) is 0 Å². The second-order valence-electron chi connectivity index (χ2n) is 9.66. The number of nitrogens with zero attached hydrogens (tertiary/aromatic N) is 1. The second-order valence-corrected chi connectivity index (χ2v) is 10.6. The normalized spacial score (nSPS) is 14.6.